The first-order chi connectivity index (χ1) is 7.96. The topological polar surface area (TPSA) is 74.7 Å². The van der Waals surface area contributed by atoms with Gasteiger partial charge in [-0.25, -0.2) is 0 Å². The van der Waals surface area contributed by atoms with Crippen molar-refractivity contribution in [2.45, 2.75) is 34.1 Å². The molecule has 2 radical (unpaired) electrons. The van der Waals surface area contributed by atoms with Crippen molar-refractivity contribution in [3.63, 3.8) is 0 Å². The van der Waals surface area contributed by atoms with E-state index in [4.69, 9.17) is 13.0 Å². The highest BCUT2D eigenvalue weighted by atomic mass is 16.4. The molecule has 0 saturated heterocycles. The highest BCUT2D eigenvalue weighted by Crippen LogP contribution is 2.29. The summed E-state index contributed by atoms with van der Waals surface area (Å²) >= 11 is 0. The molecule has 0 heterocycles. The summed E-state index contributed by atoms with van der Waals surface area (Å²) < 4.78 is 0. The number of ketones is 1. The van der Waals surface area contributed by atoms with Crippen molar-refractivity contribution in [3.05, 3.63) is 0 Å². The van der Waals surface area contributed by atoms with E-state index in [1.807, 2.05) is 0 Å². The van der Waals surface area contributed by atoms with Crippen LogP contribution in [0.2, 0.25) is 0 Å². The predicted molar refractivity (Wildman–Crippen MR) is 68.2 cm³/mol. The second kappa shape index (κ2) is 5.54. The molecule has 0 unspecified atom stereocenters. The zero-order chi connectivity index (χ0) is 14.7. The van der Waals surface area contributed by atoms with Gasteiger partial charge in [0.05, 0.1) is 13.3 Å². The maximum atomic E-state index is 12.0. The lowest BCUT2D eigenvalue weighted by Crippen LogP contribution is -2.43. The van der Waals surface area contributed by atoms with Crippen molar-refractivity contribution in [2.24, 2.45) is 10.8 Å². The first-order valence-corrected chi connectivity index (χ1v) is 5.69. The highest BCUT2D eigenvalue weighted by molar-refractivity contribution is 6.10. The minimum Gasteiger partial charge on any atom is -0.481 e. The van der Waals surface area contributed by atoms with E-state index in [2.05, 4.69) is 0 Å². The molecule has 1 N–H and O–H groups in total. The van der Waals surface area contributed by atoms with Crippen molar-refractivity contribution in [3.8, 4) is 0 Å². The number of carbonyl (C=O) groups excluding carboxylic acids is 2. The van der Waals surface area contributed by atoms with Crippen LogP contribution in [0, 0.1) is 10.8 Å². The van der Waals surface area contributed by atoms with Crippen LogP contribution >= 0.6 is 0 Å². The molecule has 0 aromatic carbocycles. The van der Waals surface area contributed by atoms with Crippen LogP contribution < -0.4 is 0 Å². The molecule has 0 spiro atoms. The Morgan fingerprint density at radius 3 is 1.94 bits per heavy atom. The molecule has 0 fully saturated rings. The summed E-state index contributed by atoms with van der Waals surface area (Å²) in [6.07, 6.45) is -0.0751. The Morgan fingerprint density at radius 2 is 1.61 bits per heavy atom. The van der Waals surface area contributed by atoms with Crippen LogP contribution in [-0.4, -0.2) is 49.0 Å². The van der Waals surface area contributed by atoms with E-state index in [1.54, 1.807) is 13.8 Å². The lowest BCUT2D eigenvalue weighted by atomic mass is 9.77. The van der Waals surface area contributed by atoms with Gasteiger partial charge in [-0.15, -0.1) is 0 Å². The number of amides is 1. The van der Waals surface area contributed by atoms with Crippen LogP contribution in [0.15, 0.2) is 0 Å². The SMILES string of the molecule is [B]CN(C)C(=O)C(C)(C)CC(=O)C(C)(C)C(=O)O. The average molecular weight is 253 g/mol. The highest BCUT2D eigenvalue weighted by Gasteiger charge is 2.41. The number of Topliss-reactive ketones (excluding diaryl/α,β-unsaturated/α-hetero) is 1. The summed E-state index contributed by atoms with van der Waals surface area (Å²) in [6.45, 7) is 5.89. The number of hydrogen-bond acceptors (Lipinski definition) is 3. The van der Waals surface area contributed by atoms with Crippen molar-refractivity contribution in [1.29, 1.82) is 0 Å². The molecule has 0 aromatic rings. The fraction of sp³-hybridized carbons (Fsp3) is 0.750. The average Bonchev–Trinajstić information content (AvgIpc) is 2.25. The van der Waals surface area contributed by atoms with Gasteiger partial charge in [-0.3, -0.25) is 14.4 Å². The van der Waals surface area contributed by atoms with Gasteiger partial charge in [-0.1, -0.05) is 13.8 Å². The molecule has 1 amide bonds. The fourth-order valence-electron chi connectivity index (χ4n) is 1.42. The summed E-state index contributed by atoms with van der Waals surface area (Å²) in [7, 11) is 6.90. The standard InChI is InChI=1S/C12H20BNO4/c1-11(2,9(16)14(5)7-13)6-8(15)12(3,4)10(17)18/h6-7H2,1-5H3,(H,17,18). The second-order valence-electron chi connectivity index (χ2n) is 5.60. The molecule has 0 aromatic heterocycles. The van der Waals surface area contributed by atoms with Crippen molar-refractivity contribution < 1.29 is 19.5 Å². The Morgan fingerprint density at radius 1 is 1.17 bits per heavy atom. The van der Waals surface area contributed by atoms with Crippen molar-refractivity contribution in [2.75, 3.05) is 13.5 Å². The van der Waals surface area contributed by atoms with Crippen LogP contribution in [0.3, 0.4) is 0 Å². The van der Waals surface area contributed by atoms with Gasteiger partial charge in [0, 0.05) is 13.5 Å². The van der Waals surface area contributed by atoms with Gasteiger partial charge in [-0.2, -0.15) is 0 Å². The Labute approximate surface area is 109 Å². The second-order valence-corrected chi connectivity index (χ2v) is 5.60. The quantitative estimate of drug-likeness (QED) is 0.557. The summed E-state index contributed by atoms with van der Waals surface area (Å²) in [5.74, 6) is -1.94. The van der Waals surface area contributed by atoms with Gasteiger partial charge < -0.3 is 10.0 Å². The first-order valence-electron chi connectivity index (χ1n) is 5.69. The predicted octanol–water partition coefficient (Wildman–Crippen LogP) is 0.667. The minimum absolute atomic E-state index is 0.0543. The van der Waals surface area contributed by atoms with E-state index in [0.717, 1.165) is 0 Å². The molecule has 0 aliphatic rings. The molecule has 0 saturated carbocycles. The Kier molecular flexibility index (Phi) is 5.14. The van der Waals surface area contributed by atoms with Crippen LogP contribution in [0.4, 0.5) is 0 Å². The van der Waals surface area contributed by atoms with Crippen molar-refractivity contribution >= 4 is 25.5 Å². The van der Waals surface area contributed by atoms with Crippen LogP contribution in [0.5, 0.6) is 0 Å². The number of rotatable bonds is 6. The third-order valence-corrected chi connectivity index (χ3v) is 3.03. The van der Waals surface area contributed by atoms with E-state index >= 15 is 0 Å². The third kappa shape index (κ3) is 3.58. The molecular weight excluding hydrogens is 233 g/mol. The Hall–Kier alpha value is -1.33. The summed E-state index contributed by atoms with van der Waals surface area (Å²) in [4.78, 5) is 36.2. The molecule has 100 valence electrons. The zero-order valence-electron chi connectivity index (χ0n) is 11.6. The monoisotopic (exact) mass is 253 g/mol. The zero-order valence-corrected chi connectivity index (χ0v) is 11.6. The maximum absolute atomic E-state index is 12.0. The molecule has 0 atom stereocenters. The lowest BCUT2D eigenvalue weighted by Gasteiger charge is -2.30. The van der Waals surface area contributed by atoms with Gasteiger partial charge in [0.2, 0.25) is 5.91 Å². The normalized spacial score (nSPS) is 12.1. The number of hydrogen-bond donors (Lipinski definition) is 1. The van der Waals surface area contributed by atoms with Gasteiger partial charge in [0.25, 0.3) is 0 Å². The molecular formula is C12H20BNO4. The molecule has 0 aliphatic carbocycles. The fourth-order valence-corrected chi connectivity index (χ4v) is 1.42. The lowest BCUT2D eigenvalue weighted by molar-refractivity contribution is -0.155. The Balaban J connectivity index is 4.94. The van der Waals surface area contributed by atoms with Crippen LogP contribution in [-0.2, 0) is 14.4 Å². The summed E-state index contributed by atoms with van der Waals surface area (Å²) in [5, 5.41) is 8.97. The van der Waals surface area contributed by atoms with Crippen molar-refractivity contribution in [1.82, 2.24) is 4.90 Å². The minimum atomic E-state index is -1.49. The molecule has 18 heavy (non-hydrogen) atoms. The van der Waals surface area contributed by atoms with Crippen LogP contribution in [0.1, 0.15) is 34.1 Å². The van der Waals surface area contributed by atoms with E-state index in [1.165, 1.54) is 25.8 Å². The van der Waals surface area contributed by atoms with E-state index in [0.29, 0.717) is 0 Å². The van der Waals surface area contributed by atoms with E-state index < -0.39 is 22.6 Å². The van der Waals surface area contributed by atoms with E-state index in [-0.39, 0.29) is 18.8 Å². The number of carboxylic acid groups (broad SMARTS) is 1. The molecule has 0 bridgehead atoms. The van der Waals surface area contributed by atoms with Gasteiger partial charge in [-0.05, 0) is 20.3 Å². The van der Waals surface area contributed by atoms with E-state index in [9.17, 15) is 14.4 Å². The third-order valence-electron chi connectivity index (χ3n) is 3.03. The van der Waals surface area contributed by atoms with Crippen LogP contribution in [0.25, 0.3) is 0 Å². The van der Waals surface area contributed by atoms with Gasteiger partial charge in [0.15, 0.2) is 5.78 Å². The Bertz CT molecular complexity index is 363. The number of carboxylic acids is 1. The molecule has 0 aliphatic heterocycles. The molecule has 5 nitrogen and oxygen atoms in total. The number of carbonyl (C=O) groups is 3. The summed E-state index contributed by atoms with van der Waals surface area (Å²) in [5.41, 5.74) is -2.45. The van der Waals surface area contributed by atoms with Gasteiger partial charge in [0.1, 0.15) is 5.41 Å². The smallest absolute Gasteiger partial charge is 0.316 e. The van der Waals surface area contributed by atoms with Gasteiger partial charge >= 0.3 is 5.97 Å². The summed E-state index contributed by atoms with van der Waals surface area (Å²) in [6, 6.07) is 0. The molecule has 0 rings (SSSR count). The maximum Gasteiger partial charge on any atom is 0.316 e. The first kappa shape index (κ1) is 16.7. The number of nitrogens with zero attached hydrogens (tertiary/aromatic N) is 1. The molecule has 6 heteroatoms. The largest absolute Gasteiger partial charge is 0.481 e. The number of aliphatic carboxylic acids is 1.